The first-order valence-corrected chi connectivity index (χ1v) is 7.24. The van der Waals surface area contributed by atoms with Crippen molar-refractivity contribution >= 4 is 29.3 Å². The van der Waals surface area contributed by atoms with Crippen LogP contribution >= 0.6 is 0 Å². The molecule has 108 valence electrons. The molecule has 0 aliphatic heterocycles. The molecule has 0 saturated heterocycles. The molecule has 2 heteroatoms. The number of allylic oxidation sites excluding steroid dienone is 1. The van der Waals surface area contributed by atoms with Crippen LogP contribution in [0.2, 0.25) is 0 Å². The van der Waals surface area contributed by atoms with Gasteiger partial charge in [0.15, 0.2) is 0 Å². The number of hydrogen-bond acceptors (Lipinski definition) is 1. The maximum atomic E-state index is 11.1. The topological polar surface area (TPSA) is 22.0 Å². The van der Waals surface area contributed by atoms with Crippen molar-refractivity contribution < 1.29 is 4.79 Å². The number of carbonyl (C=O) groups is 1. The molecule has 3 rings (SSSR count). The fourth-order valence-electron chi connectivity index (χ4n) is 2.82. The third-order valence-corrected chi connectivity index (χ3v) is 3.75. The van der Waals surface area contributed by atoms with E-state index in [9.17, 15) is 4.79 Å². The third kappa shape index (κ3) is 2.19. The summed E-state index contributed by atoms with van der Waals surface area (Å²) in [6.07, 6.45) is 6.84. The molecule has 1 aromatic heterocycles. The fraction of sp³-hybridized carbons (Fsp3) is 0.0500. The highest BCUT2D eigenvalue weighted by atomic mass is 16.1. The first kappa shape index (κ1) is 14.1. The van der Waals surface area contributed by atoms with E-state index in [4.69, 9.17) is 0 Å². The maximum Gasteiger partial charge on any atom is 0.150 e. The number of hydrogen-bond donors (Lipinski definition) is 0. The van der Waals surface area contributed by atoms with Gasteiger partial charge in [-0.3, -0.25) is 4.79 Å². The Morgan fingerprint density at radius 3 is 2.50 bits per heavy atom. The van der Waals surface area contributed by atoms with E-state index in [1.165, 1.54) is 0 Å². The number of aromatic nitrogens is 1. The van der Waals surface area contributed by atoms with E-state index in [2.05, 4.69) is 29.4 Å². The van der Waals surface area contributed by atoms with Gasteiger partial charge in [0.1, 0.15) is 6.29 Å². The van der Waals surface area contributed by atoms with Crippen molar-refractivity contribution in [2.75, 3.05) is 0 Å². The van der Waals surface area contributed by atoms with Crippen LogP contribution in [0.4, 0.5) is 0 Å². The molecule has 0 atom stereocenters. The molecule has 3 aromatic rings. The molecule has 22 heavy (non-hydrogen) atoms. The van der Waals surface area contributed by atoms with Gasteiger partial charge in [-0.25, -0.2) is 0 Å². The van der Waals surface area contributed by atoms with Crippen LogP contribution in [0.3, 0.4) is 0 Å². The lowest BCUT2D eigenvalue weighted by molar-refractivity contribution is 0.112. The minimum atomic E-state index is 0.671. The van der Waals surface area contributed by atoms with Crippen LogP contribution in [0.25, 0.3) is 28.7 Å². The van der Waals surface area contributed by atoms with Crippen molar-refractivity contribution in [2.45, 2.75) is 6.92 Å². The summed E-state index contributed by atoms with van der Waals surface area (Å²) in [4.78, 5) is 11.1. The van der Waals surface area contributed by atoms with Gasteiger partial charge in [0.25, 0.3) is 0 Å². The molecule has 0 fully saturated rings. The summed E-state index contributed by atoms with van der Waals surface area (Å²) in [6, 6.07) is 15.9. The summed E-state index contributed by atoms with van der Waals surface area (Å²) < 4.78 is 2.14. The summed E-state index contributed by atoms with van der Waals surface area (Å²) in [6.45, 7) is 5.97. The van der Waals surface area contributed by atoms with Crippen molar-refractivity contribution in [3.8, 4) is 5.69 Å². The smallest absolute Gasteiger partial charge is 0.150 e. The predicted octanol–water partition coefficient (Wildman–Crippen LogP) is 5.12. The minimum absolute atomic E-state index is 0.671. The second-order valence-electron chi connectivity index (χ2n) is 5.07. The molecule has 0 radical (unpaired) electrons. The lowest BCUT2D eigenvalue weighted by Crippen LogP contribution is -1.96. The number of fused-ring (bicyclic) bond motifs is 1. The van der Waals surface area contributed by atoms with Gasteiger partial charge >= 0.3 is 0 Å². The fourth-order valence-corrected chi connectivity index (χ4v) is 2.82. The molecule has 0 bridgehead atoms. The minimum Gasteiger partial charge on any atom is -0.309 e. The van der Waals surface area contributed by atoms with E-state index in [-0.39, 0.29) is 0 Å². The Morgan fingerprint density at radius 1 is 1.09 bits per heavy atom. The zero-order valence-corrected chi connectivity index (χ0v) is 12.5. The first-order valence-electron chi connectivity index (χ1n) is 7.24. The number of benzene rings is 2. The average Bonchev–Trinajstić information content (AvgIpc) is 2.88. The van der Waals surface area contributed by atoms with Crippen molar-refractivity contribution in [2.24, 2.45) is 0 Å². The Kier molecular flexibility index (Phi) is 3.75. The lowest BCUT2D eigenvalue weighted by atomic mass is 10.1. The summed E-state index contributed by atoms with van der Waals surface area (Å²) >= 11 is 0. The Hall–Kier alpha value is -2.87. The molecule has 0 spiro atoms. The van der Waals surface area contributed by atoms with Crippen molar-refractivity contribution in [1.82, 2.24) is 4.57 Å². The van der Waals surface area contributed by atoms with Crippen LogP contribution < -0.4 is 0 Å². The van der Waals surface area contributed by atoms with Crippen LogP contribution in [0.5, 0.6) is 0 Å². The molecule has 0 unspecified atom stereocenters. The second kappa shape index (κ2) is 5.86. The molecule has 2 nitrogen and oxygen atoms in total. The van der Waals surface area contributed by atoms with Crippen molar-refractivity contribution in [3.05, 3.63) is 78.0 Å². The van der Waals surface area contributed by atoms with Crippen LogP contribution in [-0.4, -0.2) is 10.9 Å². The zero-order chi connectivity index (χ0) is 15.5. The van der Waals surface area contributed by atoms with Gasteiger partial charge in [0.05, 0.1) is 11.2 Å². The predicted molar refractivity (Wildman–Crippen MR) is 93.5 cm³/mol. The van der Waals surface area contributed by atoms with Gasteiger partial charge in [-0.05, 0) is 31.2 Å². The number of para-hydroxylation sites is 1. The molecule has 2 aromatic carbocycles. The molecular formula is C20H17NO. The summed E-state index contributed by atoms with van der Waals surface area (Å²) in [7, 11) is 0. The van der Waals surface area contributed by atoms with Gasteiger partial charge in [-0.15, -0.1) is 0 Å². The molecule has 0 N–H and O–H groups in total. The number of rotatable bonds is 4. The lowest BCUT2D eigenvalue weighted by Gasteiger charge is -2.09. The number of nitrogens with zero attached hydrogens (tertiary/aromatic N) is 1. The Balaban J connectivity index is 2.47. The van der Waals surface area contributed by atoms with Gasteiger partial charge in [0, 0.05) is 22.2 Å². The Morgan fingerprint density at radius 2 is 1.86 bits per heavy atom. The quantitative estimate of drug-likeness (QED) is 0.610. The second-order valence-corrected chi connectivity index (χ2v) is 5.07. The van der Waals surface area contributed by atoms with Gasteiger partial charge < -0.3 is 4.57 Å². The normalized spacial score (nSPS) is 11.1. The summed E-state index contributed by atoms with van der Waals surface area (Å²) in [5, 5.41) is 1.11. The van der Waals surface area contributed by atoms with E-state index in [0.717, 1.165) is 34.1 Å². The monoisotopic (exact) mass is 287 g/mol. The van der Waals surface area contributed by atoms with Gasteiger partial charge in [-0.2, -0.15) is 0 Å². The average molecular weight is 287 g/mol. The van der Waals surface area contributed by atoms with E-state index in [1.54, 1.807) is 0 Å². The number of carbonyl (C=O) groups excluding carboxylic acids is 1. The molecule has 0 aliphatic carbocycles. The summed E-state index contributed by atoms with van der Waals surface area (Å²) in [5.74, 6) is 0. The molecular weight excluding hydrogens is 270 g/mol. The van der Waals surface area contributed by atoms with Crippen LogP contribution in [0.15, 0.2) is 61.2 Å². The highest BCUT2D eigenvalue weighted by Crippen LogP contribution is 2.32. The maximum absolute atomic E-state index is 11.1. The SMILES string of the molecule is C=Cc1c(/C=C\C)c2ccc(C=O)cc2n1-c1ccccc1. The van der Waals surface area contributed by atoms with Crippen molar-refractivity contribution in [3.63, 3.8) is 0 Å². The standard InChI is InChI=1S/C20H17NO/c1-3-8-17-18-12-11-15(14-22)13-20(18)21(19(17)4-2)16-9-6-5-7-10-16/h3-14H,2H2,1H3/b8-3-. The highest BCUT2D eigenvalue weighted by Gasteiger charge is 2.14. The Labute approximate surface area is 130 Å². The molecule has 0 aliphatic rings. The van der Waals surface area contributed by atoms with Gasteiger partial charge in [-0.1, -0.05) is 49.1 Å². The van der Waals surface area contributed by atoms with Crippen LogP contribution in [0.1, 0.15) is 28.5 Å². The Bertz CT molecular complexity index is 870. The number of aldehydes is 1. The molecule has 0 amide bonds. The van der Waals surface area contributed by atoms with Crippen molar-refractivity contribution in [1.29, 1.82) is 0 Å². The van der Waals surface area contributed by atoms with E-state index in [1.807, 2.05) is 55.5 Å². The first-order chi connectivity index (χ1) is 10.8. The van der Waals surface area contributed by atoms with E-state index in [0.29, 0.717) is 5.56 Å². The van der Waals surface area contributed by atoms with Gasteiger partial charge in [0.2, 0.25) is 0 Å². The van der Waals surface area contributed by atoms with E-state index < -0.39 is 0 Å². The van der Waals surface area contributed by atoms with Crippen LogP contribution in [0, 0.1) is 0 Å². The zero-order valence-electron chi connectivity index (χ0n) is 12.5. The van der Waals surface area contributed by atoms with E-state index >= 15 is 0 Å². The summed E-state index contributed by atoms with van der Waals surface area (Å²) in [5.41, 5.74) is 4.89. The third-order valence-electron chi connectivity index (χ3n) is 3.75. The van der Waals surface area contributed by atoms with Crippen LogP contribution in [-0.2, 0) is 0 Å². The molecule has 1 heterocycles. The largest absolute Gasteiger partial charge is 0.309 e. The highest BCUT2D eigenvalue weighted by molar-refractivity contribution is 5.97. The molecule has 0 saturated carbocycles.